The monoisotopic (exact) mass is 276 g/mol. The lowest BCUT2D eigenvalue weighted by Gasteiger charge is -2.30. The Morgan fingerprint density at radius 2 is 2.05 bits per heavy atom. The van der Waals surface area contributed by atoms with Crippen LogP contribution in [-0.4, -0.2) is 18.0 Å². The van der Waals surface area contributed by atoms with E-state index in [0.29, 0.717) is 10.7 Å². The number of rotatable bonds is 3. The van der Waals surface area contributed by atoms with Crippen molar-refractivity contribution in [3.8, 4) is 5.75 Å². The van der Waals surface area contributed by atoms with E-state index in [1.807, 2.05) is 31.2 Å². The predicted octanol–water partition coefficient (Wildman–Crippen LogP) is 2.08. The molecule has 19 heavy (non-hydrogen) atoms. The molecule has 2 N–H and O–H groups in total. The van der Waals surface area contributed by atoms with Crippen LogP contribution in [0.2, 0.25) is 0 Å². The predicted molar refractivity (Wildman–Crippen MR) is 78.0 cm³/mol. The van der Waals surface area contributed by atoms with Gasteiger partial charge in [0.05, 0.1) is 13.2 Å². The molecule has 0 spiro atoms. The molecule has 0 bridgehead atoms. The summed E-state index contributed by atoms with van der Waals surface area (Å²) in [5.41, 5.74) is 2.36. The molecule has 0 aliphatic carbocycles. The number of methoxy groups -OCH3 is 1. The lowest BCUT2D eigenvalue weighted by molar-refractivity contribution is -0.114. The number of Topliss-reactive ketones (excluding diaryl/α,β-unsaturated/α-hetero) is 1. The maximum absolute atomic E-state index is 11.9. The molecular formula is C14H16N2O2S. The van der Waals surface area contributed by atoms with Crippen molar-refractivity contribution < 1.29 is 9.53 Å². The Kier molecular flexibility index (Phi) is 3.85. The van der Waals surface area contributed by atoms with Crippen LogP contribution in [0.4, 0.5) is 0 Å². The zero-order valence-electron chi connectivity index (χ0n) is 11.1. The van der Waals surface area contributed by atoms with Crippen LogP contribution in [0.25, 0.3) is 0 Å². The third-order valence-corrected chi connectivity index (χ3v) is 3.32. The quantitative estimate of drug-likeness (QED) is 0.828. The van der Waals surface area contributed by atoms with Gasteiger partial charge in [0.25, 0.3) is 0 Å². The standard InChI is InChI=1S/C14H16N2O2S/c1-8-12(9(2)17)13(16-14(19)15-8)10-6-4-5-7-11(10)18-3/h4-7,13H,1-3H3,(H2,15,16,19)/t13-/m0/s1. The number of carbonyl (C=O) groups excluding carboxylic acids is 1. The van der Waals surface area contributed by atoms with Gasteiger partial charge in [-0.2, -0.15) is 0 Å². The molecule has 0 saturated carbocycles. The Hall–Kier alpha value is -1.88. The van der Waals surface area contributed by atoms with E-state index in [1.54, 1.807) is 14.0 Å². The molecule has 100 valence electrons. The number of allylic oxidation sites excluding steroid dienone is 1. The van der Waals surface area contributed by atoms with Crippen LogP contribution >= 0.6 is 12.2 Å². The zero-order valence-corrected chi connectivity index (χ0v) is 11.9. The second-order valence-corrected chi connectivity index (χ2v) is 4.78. The van der Waals surface area contributed by atoms with E-state index in [2.05, 4.69) is 10.6 Å². The summed E-state index contributed by atoms with van der Waals surface area (Å²) in [7, 11) is 1.61. The Bertz CT molecular complexity index is 566. The van der Waals surface area contributed by atoms with Crippen molar-refractivity contribution in [2.75, 3.05) is 7.11 Å². The first-order valence-corrected chi connectivity index (χ1v) is 6.37. The molecule has 0 saturated heterocycles. The van der Waals surface area contributed by atoms with Crippen LogP contribution in [0.3, 0.4) is 0 Å². The Morgan fingerprint density at radius 3 is 2.68 bits per heavy atom. The summed E-state index contributed by atoms with van der Waals surface area (Å²) in [6.07, 6.45) is 0. The summed E-state index contributed by atoms with van der Waals surface area (Å²) in [6, 6.07) is 7.33. The van der Waals surface area contributed by atoms with Crippen molar-refractivity contribution in [1.82, 2.24) is 10.6 Å². The second-order valence-electron chi connectivity index (χ2n) is 4.37. The van der Waals surface area contributed by atoms with Gasteiger partial charge in [0, 0.05) is 16.8 Å². The number of ether oxygens (including phenoxy) is 1. The molecule has 0 unspecified atom stereocenters. The molecule has 1 atom stereocenters. The molecule has 0 radical (unpaired) electrons. The lowest BCUT2D eigenvalue weighted by atomic mass is 9.92. The van der Waals surface area contributed by atoms with Gasteiger partial charge < -0.3 is 15.4 Å². The number of hydrogen-bond acceptors (Lipinski definition) is 3. The fraction of sp³-hybridized carbons (Fsp3) is 0.286. The molecule has 0 amide bonds. The fourth-order valence-corrected chi connectivity index (χ4v) is 2.57. The highest BCUT2D eigenvalue weighted by Crippen LogP contribution is 2.32. The van der Waals surface area contributed by atoms with E-state index in [0.717, 1.165) is 17.0 Å². The van der Waals surface area contributed by atoms with Crippen LogP contribution in [0.1, 0.15) is 25.5 Å². The largest absolute Gasteiger partial charge is 0.496 e. The molecule has 1 heterocycles. The van der Waals surface area contributed by atoms with Crippen LogP contribution < -0.4 is 15.4 Å². The van der Waals surface area contributed by atoms with E-state index >= 15 is 0 Å². The molecule has 1 aromatic carbocycles. The molecule has 1 aromatic rings. The Morgan fingerprint density at radius 1 is 1.37 bits per heavy atom. The SMILES string of the molecule is COc1ccccc1[C@@H]1NC(=S)NC(C)=C1C(C)=O. The minimum absolute atomic E-state index is 0.0101. The van der Waals surface area contributed by atoms with Crippen molar-refractivity contribution in [2.45, 2.75) is 19.9 Å². The van der Waals surface area contributed by atoms with Crippen LogP contribution in [0.15, 0.2) is 35.5 Å². The summed E-state index contributed by atoms with van der Waals surface area (Å²) in [4.78, 5) is 11.9. The van der Waals surface area contributed by atoms with Crippen LogP contribution in [0.5, 0.6) is 5.75 Å². The molecule has 4 nitrogen and oxygen atoms in total. The smallest absolute Gasteiger partial charge is 0.171 e. The highest BCUT2D eigenvalue weighted by atomic mass is 32.1. The van der Waals surface area contributed by atoms with Gasteiger partial charge in [-0.15, -0.1) is 0 Å². The lowest BCUT2D eigenvalue weighted by Crippen LogP contribution is -2.44. The number of ketones is 1. The minimum Gasteiger partial charge on any atom is -0.496 e. The van der Waals surface area contributed by atoms with Crippen molar-refractivity contribution in [3.05, 3.63) is 41.1 Å². The minimum atomic E-state index is -0.276. The van der Waals surface area contributed by atoms with Gasteiger partial charge in [-0.3, -0.25) is 4.79 Å². The summed E-state index contributed by atoms with van der Waals surface area (Å²) < 4.78 is 5.36. The van der Waals surface area contributed by atoms with E-state index in [-0.39, 0.29) is 11.8 Å². The first kappa shape index (κ1) is 13.5. The van der Waals surface area contributed by atoms with E-state index in [1.165, 1.54) is 0 Å². The Balaban J connectivity index is 2.55. The van der Waals surface area contributed by atoms with Crippen LogP contribution in [-0.2, 0) is 4.79 Å². The second kappa shape index (κ2) is 5.40. The van der Waals surface area contributed by atoms with E-state index in [4.69, 9.17) is 17.0 Å². The average Bonchev–Trinajstić information content (AvgIpc) is 2.37. The van der Waals surface area contributed by atoms with Crippen molar-refractivity contribution in [1.29, 1.82) is 0 Å². The van der Waals surface area contributed by atoms with Crippen molar-refractivity contribution in [3.63, 3.8) is 0 Å². The molecule has 5 heteroatoms. The molecule has 1 aliphatic heterocycles. The van der Waals surface area contributed by atoms with E-state index < -0.39 is 0 Å². The molecule has 2 rings (SSSR count). The van der Waals surface area contributed by atoms with Crippen LogP contribution in [0, 0.1) is 0 Å². The summed E-state index contributed by atoms with van der Waals surface area (Å²) in [5.74, 6) is 0.743. The number of benzene rings is 1. The summed E-state index contributed by atoms with van der Waals surface area (Å²) >= 11 is 5.17. The summed E-state index contributed by atoms with van der Waals surface area (Å²) in [5, 5.41) is 6.63. The first-order valence-electron chi connectivity index (χ1n) is 5.96. The normalized spacial score (nSPS) is 18.7. The zero-order chi connectivity index (χ0) is 14.0. The van der Waals surface area contributed by atoms with Crippen molar-refractivity contribution >= 4 is 23.1 Å². The van der Waals surface area contributed by atoms with Gasteiger partial charge in [0.2, 0.25) is 0 Å². The van der Waals surface area contributed by atoms with Gasteiger partial charge in [0.15, 0.2) is 10.9 Å². The highest BCUT2D eigenvalue weighted by molar-refractivity contribution is 7.80. The third-order valence-electron chi connectivity index (χ3n) is 3.10. The molecule has 1 aliphatic rings. The van der Waals surface area contributed by atoms with Gasteiger partial charge in [-0.25, -0.2) is 0 Å². The maximum atomic E-state index is 11.9. The number of thiocarbonyl (C=S) groups is 1. The maximum Gasteiger partial charge on any atom is 0.171 e. The summed E-state index contributed by atoms with van der Waals surface area (Å²) in [6.45, 7) is 3.41. The van der Waals surface area contributed by atoms with Gasteiger partial charge in [-0.1, -0.05) is 18.2 Å². The third kappa shape index (κ3) is 2.61. The van der Waals surface area contributed by atoms with Crippen molar-refractivity contribution in [2.24, 2.45) is 0 Å². The molecular weight excluding hydrogens is 260 g/mol. The fourth-order valence-electron chi connectivity index (χ4n) is 2.30. The first-order chi connectivity index (χ1) is 9.04. The number of hydrogen-bond donors (Lipinski definition) is 2. The number of carbonyl (C=O) groups is 1. The highest BCUT2D eigenvalue weighted by Gasteiger charge is 2.29. The molecule has 0 fully saturated rings. The molecule has 0 aromatic heterocycles. The van der Waals surface area contributed by atoms with Gasteiger partial charge in [0.1, 0.15) is 5.75 Å². The average molecular weight is 276 g/mol. The topological polar surface area (TPSA) is 50.4 Å². The number of para-hydroxylation sites is 1. The Labute approximate surface area is 117 Å². The number of nitrogens with one attached hydrogen (secondary N) is 2. The van der Waals surface area contributed by atoms with Gasteiger partial charge in [-0.05, 0) is 32.1 Å². The van der Waals surface area contributed by atoms with E-state index in [9.17, 15) is 4.79 Å². The van der Waals surface area contributed by atoms with Gasteiger partial charge >= 0.3 is 0 Å².